The lowest BCUT2D eigenvalue weighted by molar-refractivity contribution is -0.129. The first-order valence-electron chi connectivity index (χ1n) is 13.4. The van der Waals surface area contributed by atoms with Crippen molar-refractivity contribution in [1.29, 1.82) is 0 Å². The van der Waals surface area contributed by atoms with E-state index in [0.29, 0.717) is 46.1 Å². The van der Waals surface area contributed by atoms with Gasteiger partial charge in [-0.25, -0.2) is 18.7 Å². The average molecular weight is 591 g/mol. The van der Waals surface area contributed by atoms with Gasteiger partial charge in [0.2, 0.25) is 5.91 Å². The van der Waals surface area contributed by atoms with Crippen LogP contribution in [0.15, 0.2) is 54.8 Å². The van der Waals surface area contributed by atoms with E-state index in [-0.39, 0.29) is 29.9 Å². The van der Waals surface area contributed by atoms with E-state index >= 15 is 4.39 Å². The summed E-state index contributed by atoms with van der Waals surface area (Å²) in [4.78, 5) is 23.8. The first kappa shape index (κ1) is 27.7. The van der Waals surface area contributed by atoms with Gasteiger partial charge in [0, 0.05) is 47.6 Å². The number of rotatable bonds is 7. The van der Waals surface area contributed by atoms with E-state index in [2.05, 4.69) is 11.6 Å². The Labute approximate surface area is 244 Å². The third-order valence-corrected chi connectivity index (χ3v) is 8.20. The molecule has 1 N–H and O–H groups in total. The molecule has 12 heteroatoms. The van der Waals surface area contributed by atoms with Gasteiger partial charge in [-0.2, -0.15) is 5.10 Å². The third-order valence-electron chi connectivity index (χ3n) is 7.26. The molecule has 0 fully saturated rings. The number of benzene rings is 1. The smallest absolute Gasteiger partial charge is 0.246 e. The summed E-state index contributed by atoms with van der Waals surface area (Å²) in [6.07, 6.45) is 3.95. The van der Waals surface area contributed by atoms with Crippen molar-refractivity contribution in [1.82, 2.24) is 29.2 Å². The van der Waals surface area contributed by atoms with Gasteiger partial charge < -0.3 is 19.3 Å². The standard InChI is InChI=1S/C30H28F2N6O3S/c1-5-25(40)37-7-8-38-23(17(37)3)12-21(35-38)29-27(26-20(32)10-18(31)11-24(26)41-14-16(2)39)30-19(6-9-42-30)28(34-29)22-13-36(4)15-33-22/h5-6,9-13,15-17,39H,1,7-8,14H2,2-4H3. The predicted octanol–water partition coefficient (Wildman–Crippen LogP) is 5.35. The summed E-state index contributed by atoms with van der Waals surface area (Å²) in [6.45, 7) is 7.80. The fraction of sp³-hybridized carbons (Fsp3) is 0.267. The van der Waals surface area contributed by atoms with Crippen molar-refractivity contribution in [3.05, 3.63) is 72.2 Å². The number of carbonyl (C=O) groups excluding carboxylic acids is 1. The van der Waals surface area contributed by atoms with Crippen LogP contribution in [0.4, 0.5) is 8.78 Å². The number of carbonyl (C=O) groups is 1. The number of pyridine rings is 1. The van der Waals surface area contributed by atoms with Crippen molar-refractivity contribution >= 4 is 27.3 Å². The van der Waals surface area contributed by atoms with Gasteiger partial charge in [-0.15, -0.1) is 11.3 Å². The number of fused-ring (bicyclic) bond motifs is 2. The van der Waals surface area contributed by atoms with E-state index in [4.69, 9.17) is 14.8 Å². The normalized spacial score (nSPS) is 15.6. The molecule has 9 nitrogen and oxygen atoms in total. The van der Waals surface area contributed by atoms with Gasteiger partial charge in [0.15, 0.2) is 0 Å². The summed E-state index contributed by atoms with van der Waals surface area (Å²) in [5.41, 5.74) is 3.21. The highest BCUT2D eigenvalue weighted by Crippen LogP contribution is 2.47. The Morgan fingerprint density at radius 3 is 2.76 bits per heavy atom. The van der Waals surface area contributed by atoms with Gasteiger partial charge in [-0.1, -0.05) is 6.58 Å². The molecule has 1 aliphatic heterocycles. The number of hydrogen-bond acceptors (Lipinski definition) is 7. The van der Waals surface area contributed by atoms with Crippen LogP contribution in [0.5, 0.6) is 5.75 Å². The minimum absolute atomic E-state index is 0.0158. The highest BCUT2D eigenvalue weighted by molar-refractivity contribution is 7.18. The van der Waals surface area contributed by atoms with Crippen LogP contribution in [-0.4, -0.2) is 59.5 Å². The molecule has 42 heavy (non-hydrogen) atoms. The molecule has 0 saturated carbocycles. The van der Waals surface area contributed by atoms with E-state index in [1.807, 2.05) is 46.9 Å². The highest BCUT2D eigenvalue weighted by atomic mass is 32.1. The SMILES string of the molecule is C=CC(=O)N1CCn2nc(-c3nc(-c4cn(C)cn4)c4ccsc4c3-c3c(F)cc(F)cc3OCC(C)O)cc2C1C. The van der Waals surface area contributed by atoms with E-state index < -0.39 is 17.7 Å². The fourth-order valence-electron chi connectivity index (χ4n) is 5.33. The second-order valence-electron chi connectivity index (χ2n) is 10.3. The molecular formula is C30H28F2N6O3S. The minimum Gasteiger partial charge on any atom is -0.490 e. The quantitative estimate of drug-likeness (QED) is 0.257. The maximum absolute atomic E-state index is 15.8. The molecule has 1 aromatic carbocycles. The molecule has 4 aromatic heterocycles. The number of halogens is 2. The van der Waals surface area contributed by atoms with Crippen molar-refractivity contribution in [2.75, 3.05) is 13.2 Å². The van der Waals surface area contributed by atoms with Crippen molar-refractivity contribution in [3.63, 3.8) is 0 Å². The van der Waals surface area contributed by atoms with Crippen LogP contribution in [-0.2, 0) is 18.4 Å². The zero-order valence-corrected chi connectivity index (χ0v) is 24.0. The lowest BCUT2D eigenvalue weighted by Gasteiger charge is -2.33. The van der Waals surface area contributed by atoms with Gasteiger partial charge >= 0.3 is 0 Å². The fourth-order valence-corrected chi connectivity index (χ4v) is 6.27. The third kappa shape index (κ3) is 4.76. The van der Waals surface area contributed by atoms with Crippen LogP contribution >= 0.6 is 11.3 Å². The zero-order chi connectivity index (χ0) is 29.7. The van der Waals surface area contributed by atoms with E-state index in [1.165, 1.54) is 24.3 Å². The zero-order valence-electron chi connectivity index (χ0n) is 23.2. The summed E-state index contributed by atoms with van der Waals surface area (Å²) in [6, 6.07) is 5.36. The first-order valence-corrected chi connectivity index (χ1v) is 14.2. The van der Waals surface area contributed by atoms with Crippen LogP contribution in [0, 0.1) is 11.6 Å². The van der Waals surface area contributed by atoms with Crippen LogP contribution in [0.2, 0.25) is 0 Å². The Morgan fingerprint density at radius 2 is 2.05 bits per heavy atom. The molecule has 0 radical (unpaired) electrons. The molecule has 0 aliphatic carbocycles. The van der Waals surface area contributed by atoms with Crippen LogP contribution in [0.1, 0.15) is 25.6 Å². The number of aliphatic hydroxyl groups is 1. The number of thiophene rings is 1. The van der Waals surface area contributed by atoms with Crippen LogP contribution < -0.4 is 4.74 Å². The summed E-state index contributed by atoms with van der Waals surface area (Å²) >= 11 is 1.38. The number of aliphatic hydroxyl groups excluding tert-OH is 1. The van der Waals surface area contributed by atoms with Gasteiger partial charge in [0.25, 0.3) is 0 Å². The van der Waals surface area contributed by atoms with Gasteiger partial charge in [0.05, 0.1) is 42.0 Å². The monoisotopic (exact) mass is 590 g/mol. The molecule has 2 atom stereocenters. The molecule has 1 aliphatic rings. The molecule has 0 bridgehead atoms. The second-order valence-corrected chi connectivity index (χ2v) is 11.2. The molecular weight excluding hydrogens is 562 g/mol. The van der Waals surface area contributed by atoms with Crippen LogP contribution in [0.3, 0.4) is 0 Å². The van der Waals surface area contributed by atoms with Crippen molar-refractivity contribution in [2.24, 2.45) is 7.05 Å². The van der Waals surface area contributed by atoms with E-state index in [9.17, 15) is 14.3 Å². The summed E-state index contributed by atoms with van der Waals surface area (Å²) in [5, 5.41) is 17.3. The Kier molecular flexibility index (Phi) is 7.11. The molecule has 5 aromatic rings. The molecule has 0 saturated heterocycles. The maximum atomic E-state index is 15.8. The molecule has 1 amide bonds. The maximum Gasteiger partial charge on any atom is 0.246 e. The molecule has 2 unspecified atom stereocenters. The number of amides is 1. The number of nitrogens with zero attached hydrogens (tertiary/aromatic N) is 6. The largest absolute Gasteiger partial charge is 0.490 e. The Morgan fingerprint density at radius 1 is 1.24 bits per heavy atom. The number of ether oxygens (including phenoxy) is 1. The first-order chi connectivity index (χ1) is 20.2. The molecule has 216 valence electrons. The Bertz CT molecular complexity index is 1840. The number of aryl methyl sites for hydroxylation is 1. The highest BCUT2D eigenvalue weighted by Gasteiger charge is 2.31. The summed E-state index contributed by atoms with van der Waals surface area (Å²) < 4.78 is 40.4. The predicted molar refractivity (Wildman–Crippen MR) is 156 cm³/mol. The molecule has 6 rings (SSSR count). The van der Waals surface area contributed by atoms with Gasteiger partial charge in [-0.3, -0.25) is 9.48 Å². The minimum atomic E-state index is -0.863. The van der Waals surface area contributed by atoms with Gasteiger partial charge in [-0.05, 0) is 37.4 Å². The Hall–Kier alpha value is -4.42. The summed E-state index contributed by atoms with van der Waals surface area (Å²) in [7, 11) is 1.86. The number of aromatic nitrogens is 5. The van der Waals surface area contributed by atoms with Crippen molar-refractivity contribution < 1.29 is 23.4 Å². The molecule has 5 heterocycles. The van der Waals surface area contributed by atoms with Gasteiger partial charge in [0.1, 0.15) is 41.1 Å². The van der Waals surface area contributed by atoms with Crippen molar-refractivity contribution in [3.8, 4) is 39.7 Å². The lowest BCUT2D eigenvalue weighted by atomic mass is 9.97. The number of imidazole rings is 1. The van der Waals surface area contributed by atoms with E-state index in [1.54, 1.807) is 11.2 Å². The van der Waals surface area contributed by atoms with Crippen molar-refractivity contribution in [2.45, 2.75) is 32.5 Å². The van der Waals surface area contributed by atoms with E-state index in [0.717, 1.165) is 23.2 Å². The number of hydrogen-bond donors (Lipinski definition) is 1. The Balaban J connectivity index is 1.64. The molecule has 0 spiro atoms. The topological polar surface area (TPSA) is 98.3 Å². The van der Waals surface area contributed by atoms with Crippen LogP contribution in [0.25, 0.3) is 44.0 Å². The summed E-state index contributed by atoms with van der Waals surface area (Å²) in [5.74, 6) is -1.88. The average Bonchev–Trinajstić information content (AvgIpc) is 3.71. The lowest BCUT2D eigenvalue weighted by Crippen LogP contribution is -2.40. The second kappa shape index (κ2) is 10.8.